The second-order valence-corrected chi connectivity index (χ2v) is 12.2. The molecule has 4 heterocycles. The second-order valence-electron chi connectivity index (χ2n) is 12.2. The van der Waals surface area contributed by atoms with E-state index in [1.54, 1.807) is 0 Å². The van der Waals surface area contributed by atoms with Crippen molar-refractivity contribution in [3.05, 3.63) is 173 Å². The number of hydrogen-bond acceptors (Lipinski definition) is 4. The van der Waals surface area contributed by atoms with Crippen LogP contribution in [0.1, 0.15) is 33.5 Å². The molecule has 1 radical (unpaired) electrons. The first-order chi connectivity index (χ1) is 23.4. The molecule has 0 N–H and O–H groups in total. The standard InChI is InChI=1S/C30H21N2O.C14H14N.Ir/c1-20-8-5-6-11-24(20)22-16-17-31-28(19-22)27-13-7-12-25-26-15-14-23(32-30(26)33-29(25)27)18-21-9-3-2-4-10-21;1-10-4-6-13(7-5-10)14-8-11(2)12(3)9-15-14;/h2-12,14-17,19H,18H2,1H3;4-6,8-9H,1-3H3;/q2*-1;. The van der Waals surface area contributed by atoms with E-state index in [0.29, 0.717) is 5.71 Å². The van der Waals surface area contributed by atoms with Crippen molar-refractivity contribution in [2.24, 2.45) is 0 Å². The number of pyridine rings is 3. The third-order valence-corrected chi connectivity index (χ3v) is 8.67. The van der Waals surface area contributed by atoms with Gasteiger partial charge in [-0.15, -0.1) is 53.6 Å². The van der Waals surface area contributed by atoms with Crippen LogP contribution in [0.3, 0.4) is 0 Å². The van der Waals surface area contributed by atoms with Crippen LogP contribution in [0.15, 0.2) is 132 Å². The average molecular weight is 814 g/mol. The van der Waals surface area contributed by atoms with E-state index in [2.05, 4.69) is 135 Å². The van der Waals surface area contributed by atoms with E-state index in [-0.39, 0.29) is 20.1 Å². The predicted octanol–water partition coefficient (Wildman–Crippen LogP) is 10.9. The van der Waals surface area contributed by atoms with E-state index in [4.69, 9.17) is 9.40 Å². The maximum Gasteiger partial charge on any atom is 0.216 e. The SMILES string of the molecule is Cc1c[c-]c(-c2cc(C)c(C)cn2)cc1.Cc1ccccc1-c1ccnc(-c2[c-]ccc3c2oc2nc(Cc4ccccc4)ccc23)c1.[Ir]. The van der Waals surface area contributed by atoms with Crippen LogP contribution in [0.4, 0.5) is 0 Å². The average Bonchev–Trinajstić information content (AvgIpc) is 3.49. The molecule has 0 spiro atoms. The summed E-state index contributed by atoms with van der Waals surface area (Å²) in [6, 6.07) is 45.9. The molecule has 0 aliphatic heterocycles. The monoisotopic (exact) mass is 814 g/mol. The van der Waals surface area contributed by atoms with Gasteiger partial charge in [0.25, 0.3) is 0 Å². The molecule has 49 heavy (non-hydrogen) atoms. The first kappa shape index (κ1) is 33.7. The Balaban J connectivity index is 0.000000220. The Hall–Kier alpha value is -5.22. The Morgan fingerprint density at radius 2 is 1.49 bits per heavy atom. The zero-order valence-corrected chi connectivity index (χ0v) is 30.3. The molecule has 0 fully saturated rings. The third-order valence-electron chi connectivity index (χ3n) is 8.67. The van der Waals surface area contributed by atoms with E-state index in [9.17, 15) is 0 Å². The molecule has 4 aromatic heterocycles. The fraction of sp³-hybridized carbons (Fsp3) is 0.114. The van der Waals surface area contributed by atoms with Gasteiger partial charge in [-0.2, -0.15) is 0 Å². The minimum Gasteiger partial charge on any atom is -0.486 e. The van der Waals surface area contributed by atoms with Crippen molar-refractivity contribution in [3.63, 3.8) is 0 Å². The second kappa shape index (κ2) is 14.9. The molecule has 0 aliphatic carbocycles. The molecule has 4 nitrogen and oxygen atoms in total. The molecular weight excluding hydrogens is 779 g/mol. The van der Waals surface area contributed by atoms with Crippen LogP contribution >= 0.6 is 0 Å². The summed E-state index contributed by atoms with van der Waals surface area (Å²) in [5.41, 5.74) is 14.7. The Bertz CT molecular complexity index is 2360. The summed E-state index contributed by atoms with van der Waals surface area (Å²) in [4.78, 5) is 13.9. The third kappa shape index (κ3) is 7.44. The summed E-state index contributed by atoms with van der Waals surface area (Å²) in [6.07, 6.45) is 4.54. The summed E-state index contributed by atoms with van der Waals surface area (Å²) in [5.74, 6) is 0. The summed E-state index contributed by atoms with van der Waals surface area (Å²) in [7, 11) is 0. The van der Waals surface area contributed by atoms with Gasteiger partial charge in [0.05, 0.1) is 5.58 Å². The number of benzene rings is 4. The number of nitrogens with zero attached hydrogens (tertiary/aromatic N) is 3. The zero-order chi connectivity index (χ0) is 33.0. The fourth-order valence-electron chi connectivity index (χ4n) is 5.82. The molecule has 0 bridgehead atoms. The van der Waals surface area contributed by atoms with Gasteiger partial charge in [0, 0.05) is 50.0 Å². The first-order valence-electron chi connectivity index (χ1n) is 16.1. The van der Waals surface area contributed by atoms with Crippen molar-refractivity contribution < 1.29 is 24.5 Å². The molecule has 243 valence electrons. The smallest absolute Gasteiger partial charge is 0.216 e. The van der Waals surface area contributed by atoms with Gasteiger partial charge in [0.2, 0.25) is 5.71 Å². The predicted molar refractivity (Wildman–Crippen MR) is 196 cm³/mol. The molecule has 4 aromatic carbocycles. The number of aryl methyl sites for hydroxylation is 4. The van der Waals surface area contributed by atoms with Gasteiger partial charge in [0.1, 0.15) is 0 Å². The number of rotatable bonds is 5. The van der Waals surface area contributed by atoms with Gasteiger partial charge >= 0.3 is 0 Å². The van der Waals surface area contributed by atoms with Crippen LogP contribution < -0.4 is 0 Å². The topological polar surface area (TPSA) is 51.8 Å². The van der Waals surface area contributed by atoms with Gasteiger partial charge < -0.3 is 14.4 Å². The number of fused-ring (bicyclic) bond motifs is 3. The van der Waals surface area contributed by atoms with Gasteiger partial charge in [-0.05, 0) is 78.2 Å². The van der Waals surface area contributed by atoms with Crippen molar-refractivity contribution in [1.29, 1.82) is 0 Å². The van der Waals surface area contributed by atoms with E-state index in [0.717, 1.165) is 56.5 Å². The Morgan fingerprint density at radius 3 is 2.27 bits per heavy atom. The maximum absolute atomic E-state index is 6.30. The molecule has 8 aromatic rings. The number of furan rings is 1. The molecule has 0 unspecified atom stereocenters. The minimum atomic E-state index is 0. The van der Waals surface area contributed by atoms with Crippen molar-refractivity contribution in [1.82, 2.24) is 15.0 Å². The van der Waals surface area contributed by atoms with E-state index >= 15 is 0 Å². The largest absolute Gasteiger partial charge is 0.486 e. The van der Waals surface area contributed by atoms with Crippen molar-refractivity contribution in [2.75, 3.05) is 0 Å². The molecule has 0 amide bonds. The van der Waals surface area contributed by atoms with E-state index in [1.807, 2.05) is 42.7 Å². The quantitative estimate of drug-likeness (QED) is 0.162. The molecule has 0 atom stereocenters. The minimum absolute atomic E-state index is 0. The summed E-state index contributed by atoms with van der Waals surface area (Å²) >= 11 is 0. The van der Waals surface area contributed by atoms with Gasteiger partial charge in [-0.1, -0.05) is 90.2 Å². The van der Waals surface area contributed by atoms with E-state index in [1.165, 1.54) is 33.4 Å². The fourth-order valence-corrected chi connectivity index (χ4v) is 5.82. The molecule has 8 rings (SSSR count). The summed E-state index contributed by atoms with van der Waals surface area (Å²) in [5, 5.41) is 2.03. The maximum atomic E-state index is 6.30. The van der Waals surface area contributed by atoms with Crippen molar-refractivity contribution in [3.8, 4) is 33.6 Å². The summed E-state index contributed by atoms with van der Waals surface area (Å²) < 4.78 is 6.30. The normalized spacial score (nSPS) is 10.8. The van der Waals surface area contributed by atoms with E-state index < -0.39 is 0 Å². The number of hydrogen-bond donors (Lipinski definition) is 0. The Kier molecular flexibility index (Phi) is 10.2. The molecule has 0 aliphatic rings. The van der Waals surface area contributed by atoms with Crippen LogP contribution in [0.5, 0.6) is 0 Å². The van der Waals surface area contributed by atoms with Crippen LogP contribution in [0, 0.1) is 39.8 Å². The zero-order valence-electron chi connectivity index (χ0n) is 27.9. The molecule has 0 saturated heterocycles. The Morgan fingerprint density at radius 1 is 0.673 bits per heavy atom. The molecule has 0 saturated carbocycles. The van der Waals surface area contributed by atoms with Gasteiger partial charge in [0.15, 0.2) is 0 Å². The van der Waals surface area contributed by atoms with Gasteiger partial charge in [-0.3, -0.25) is 0 Å². The first-order valence-corrected chi connectivity index (χ1v) is 16.1. The van der Waals surface area contributed by atoms with Gasteiger partial charge in [-0.25, -0.2) is 4.98 Å². The van der Waals surface area contributed by atoms with Crippen LogP contribution in [-0.4, -0.2) is 15.0 Å². The van der Waals surface area contributed by atoms with Crippen molar-refractivity contribution in [2.45, 2.75) is 34.1 Å². The van der Waals surface area contributed by atoms with Crippen LogP contribution in [0.2, 0.25) is 0 Å². The Labute approximate surface area is 301 Å². The number of aromatic nitrogens is 3. The molecule has 5 heteroatoms. The van der Waals surface area contributed by atoms with Crippen LogP contribution in [0.25, 0.3) is 55.7 Å². The molecular formula is C44H35IrN3O-2. The van der Waals surface area contributed by atoms with Crippen molar-refractivity contribution >= 4 is 22.1 Å². The van der Waals surface area contributed by atoms with Crippen LogP contribution in [-0.2, 0) is 26.5 Å². The summed E-state index contributed by atoms with van der Waals surface area (Å²) in [6.45, 7) is 8.37.